The molecule has 0 aliphatic heterocycles. The molecule has 0 unspecified atom stereocenters. The van der Waals surface area contributed by atoms with Crippen molar-refractivity contribution in [1.82, 2.24) is 4.57 Å². The maximum Gasteiger partial charge on any atom is 0.0499 e. The van der Waals surface area contributed by atoms with Crippen molar-refractivity contribution in [3.8, 4) is 0 Å². The molecule has 15 heavy (non-hydrogen) atoms. The van der Waals surface area contributed by atoms with Gasteiger partial charge in [-0.1, -0.05) is 15.9 Å². The van der Waals surface area contributed by atoms with E-state index < -0.39 is 0 Å². The molecule has 0 N–H and O–H groups in total. The molecule has 2 heteroatoms. The van der Waals surface area contributed by atoms with Crippen LogP contribution in [0.25, 0.3) is 10.9 Å². The van der Waals surface area contributed by atoms with Gasteiger partial charge in [-0.05, 0) is 51.5 Å². The van der Waals surface area contributed by atoms with E-state index in [1.807, 2.05) is 0 Å². The zero-order chi connectivity index (χ0) is 11.2. The van der Waals surface area contributed by atoms with Crippen LogP contribution in [0.15, 0.2) is 28.9 Å². The first-order valence-corrected chi connectivity index (χ1v) is 5.96. The Morgan fingerprint density at radius 1 is 1.20 bits per heavy atom. The summed E-state index contributed by atoms with van der Waals surface area (Å²) in [4.78, 5) is 0. The van der Waals surface area contributed by atoms with Gasteiger partial charge in [0.2, 0.25) is 0 Å². The third-order valence-electron chi connectivity index (χ3n) is 2.70. The molecule has 1 aromatic carbocycles. The Bertz CT molecular complexity index is 503. The molecule has 0 saturated carbocycles. The number of rotatable bonds is 0. The summed E-state index contributed by atoms with van der Waals surface area (Å²) in [7, 11) is 0. The van der Waals surface area contributed by atoms with Crippen LogP contribution in [0.1, 0.15) is 26.3 Å². The van der Waals surface area contributed by atoms with Crippen LogP contribution in [0, 0.1) is 6.92 Å². The minimum absolute atomic E-state index is 0.134. The monoisotopic (exact) mass is 265 g/mol. The number of hydrogen-bond donors (Lipinski definition) is 0. The van der Waals surface area contributed by atoms with Crippen LogP contribution < -0.4 is 0 Å². The Hall–Kier alpha value is -0.760. The average Bonchev–Trinajstić information content (AvgIpc) is 2.45. The van der Waals surface area contributed by atoms with Gasteiger partial charge in [0.05, 0.1) is 0 Å². The van der Waals surface area contributed by atoms with Crippen molar-refractivity contribution in [2.45, 2.75) is 33.2 Å². The number of nitrogens with zero attached hydrogens (tertiary/aromatic N) is 1. The highest BCUT2D eigenvalue weighted by atomic mass is 79.9. The number of aromatic nitrogens is 1. The molecule has 0 aliphatic carbocycles. The summed E-state index contributed by atoms with van der Waals surface area (Å²) < 4.78 is 3.47. The van der Waals surface area contributed by atoms with E-state index in [0.29, 0.717) is 0 Å². The summed E-state index contributed by atoms with van der Waals surface area (Å²) in [5.41, 5.74) is 2.76. The second-order valence-electron chi connectivity index (χ2n) is 5.01. The number of halogens is 1. The van der Waals surface area contributed by atoms with Gasteiger partial charge in [-0.25, -0.2) is 0 Å². The molecular weight excluding hydrogens is 250 g/mol. The Morgan fingerprint density at radius 2 is 1.87 bits per heavy atom. The van der Waals surface area contributed by atoms with Crippen LogP contribution in [0.2, 0.25) is 0 Å². The maximum atomic E-state index is 3.56. The molecule has 80 valence electrons. The van der Waals surface area contributed by atoms with Gasteiger partial charge in [-0.15, -0.1) is 0 Å². The molecule has 0 amide bonds. The highest BCUT2D eigenvalue weighted by Crippen LogP contribution is 2.28. The zero-order valence-electron chi connectivity index (χ0n) is 9.63. The van der Waals surface area contributed by atoms with Gasteiger partial charge in [0.25, 0.3) is 0 Å². The molecule has 0 aliphatic rings. The molecule has 2 rings (SSSR count). The van der Waals surface area contributed by atoms with E-state index in [-0.39, 0.29) is 5.54 Å². The van der Waals surface area contributed by atoms with Crippen LogP contribution >= 0.6 is 15.9 Å². The van der Waals surface area contributed by atoms with Crippen LogP contribution in [-0.2, 0) is 5.54 Å². The lowest BCUT2D eigenvalue weighted by molar-refractivity contribution is 0.411. The van der Waals surface area contributed by atoms with Crippen molar-refractivity contribution < 1.29 is 0 Å². The van der Waals surface area contributed by atoms with Gasteiger partial charge in [0, 0.05) is 27.1 Å². The summed E-state index contributed by atoms with van der Waals surface area (Å²) in [5, 5.41) is 1.34. The first kappa shape index (κ1) is 10.7. The summed E-state index contributed by atoms with van der Waals surface area (Å²) in [6.07, 6.45) is 2.17. The molecule has 0 spiro atoms. The van der Waals surface area contributed by atoms with E-state index in [0.717, 1.165) is 4.47 Å². The standard InChI is InChI=1S/C13H16BrN/c1-9-7-10(14)8-12-11(9)5-6-15(12)13(2,3)4/h5-8H,1-4H3. The van der Waals surface area contributed by atoms with Crippen molar-refractivity contribution in [2.24, 2.45) is 0 Å². The van der Waals surface area contributed by atoms with Gasteiger partial charge in [0.15, 0.2) is 0 Å². The lowest BCUT2D eigenvalue weighted by Crippen LogP contribution is -2.20. The van der Waals surface area contributed by atoms with E-state index in [1.165, 1.54) is 16.5 Å². The smallest absolute Gasteiger partial charge is 0.0499 e. The van der Waals surface area contributed by atoms with Crippen molar-refractivity contribution in [3.63, 3.8) is 0 Å². The lowest BCUT2D eigenvalue weighted by atomic mass is 10.1. The first-order chi connectivity index (χ1) is 6.89. The zero-order valence-corrected chi connectivity index (χ0v) is 11.2. The molecule has 0 bridgehead atoms. The summed E-state index contributed by atoms with van der Waals surface area (Å²) in [6.45, 7) is 8.83. The molecule has 0 fully saturated rings. The van der Waals surface area contributed by atoms with E-state index >= 15 is 0 Å². The first-order valence-electron chi connectivity index (χ1n) is 5.17. The van der Waals surface area contributed by atoms with Crippen LogP contribution in [0.4, 0.5) is 0 Å². The highest BCUT2D eigenvalue weighted by molar-refractivity contribution is 9.10. The molecule has 0 atom stereocenters. The fourth-order valence-corrected chi connectivity index (χ4v) is 2.53. The summed E-state index contributed by atoms with van der Waals surface area (Å²) in [5.74, 6) is 0. The molecule has 0 radical (unpaired) electrons. The van der Waals surface area contributed by atoms with Crippen molar-refractivity contribution in [2.75, 3.05) is 0 Å². The molecular formula is C13H16BrN. The number of benzene rings is 1. The SMILES string of the molecule is Cc1cc(Br)cc2c1ccn2C(C)(C)C. The molecule has 0 saturated heterocycles. The van der Waals surface area contributed by atoms with Crippen LogP contribution in [-0.4, -0.2) is 4.57 Å². The quantitative estimate of drug-likeness (QED) is 0.663. The Labute approximate surface area is 99.2 Å². The van der Waals surface area contributed by atoms with Crippen LogP contribution in [0.5, 0.6) is 0 Å². The largest absolute Gasteiger partial charge is 0.342 e. The maximum absolute atomic E-state index is 3.56. The predicted octanol–water partition coefficient (Wildman–Crippen LogP) is 4.47. The minimum atomic E-state index is 0.134. The van der Waals surface area contributed by atoms with E-state index in [2.05, 4.69) is 72.6 Å². The highest BCUT2D eigenvalue weighted by Gasteiger charge is 2.15. The van der Waals surface area contributed by atoms with Crippen LogP contribution in [0.3, 0.4) is 0 Å². The van der Waals surface area contributed by atoms with Gasteiger partial charge in [-0.3, -0.25) is 0 Å². The number of aryl methyl sites for hydroxylation is 1. The topological polar surface area (TPSA) is 4.93 Å². The third kappa shape index (κ3) is 1.83. The fourth-order valence-electron chi connectivity index (χ4n) is 1.97. The van der Waals surface area contributed by atoms with E-state index in [1.54, 1.807) is 0 Å². The Kier molecular flexibility index (Phi) is 2.42. The van der Waals surface area contributed by atoms with E-state index in [9.17, 15) is 0 Å². The minimum Gasteiger partial charge on any atom is -0.342 e. The van der Waals surface area contributed by atoms with Gasteiger partial charge >= 0.3 is 0 Å². The summed E-state index contributed by atoms with van der Waals surface area (Å²) in [6, 6.07) is 6.55. The van der Waals surface area contributed by atoms with E-state index in [4.69, 9.17) is 0 Å². The summed E-state index contributed by atoms with van der Waals surface area (Å²) >= 11 is 3.56. The lowest BCUT2D eigenvalue weighted by Gasteiger charge is -2.22. The molecule has 2 aromatic rings. The van der Waals surface area contributed by atoms with Gasteiger partial charge in [0.1, 0.15) is 0 Å². The second-order valence-corrected chi connectivity index (χ2v) is 5.93. The average molecular weight is 266 g/mol. The second kappa shape index (κ2) is 3.38. The third-order valence-corrected chi connectivity index (χ3v) is 3.16. The van der Waals surface area contributed by atoms with Gasteiger partial charge in [-0.2, -0.15) is 0 Å². The molecule has 1 nitrogen and oxygen atoms in total. The van der Waals surface area contributed by atoms with Crippen molar-refractivity contribution in [1.29, 1.82) is 0 Å². The van der Waals surface area contributed by atoms with Gasteiger partial charge < -0.3 is 4.57 Å². The molecule has 1 aromatic heterocycles. The Morgan fingerprint density at radius 3 is 2.47 bits per heavy atom. The number of fused-ring (bicyclic) bond motifs is 1. The van der Waals surface area contributed by atoms with Crippen molar-refractivity contribution >= 4 is 26.8 Å². The fraction of sp³-hybridized carbons (Fsp3) is 0.385. The van der Waals surface area contributed by atoms with Crippen molar-refractivity contribution in [3.05, 3.63) is 34.4 Å². The number of hydrogen-bond acceptors (Lipinski definition) is 0. The Balaban J connectivity index is 2.80. The normalized spacial score (nSPS) is 12.3. The molecule has 1 heterocycles. The predicted molar refractivity (Wildman–Crippen MR) is 69.4 cm³/mol.